The van der Waals surface area contributed by atoms with Crippen molar-refractivity contribution in [2.24, 2.45) is 0 Å². The van der Waals surface area contributed by atoms with Crippen molar-refractivity contribution in [2.75, 3.05) is 27.4 Å². The van der Waals surface area contributed by atoms with Gasteiger partial charge >= 0.3 is 0 Å². The third kappa shape index (κ3) is 3.96. The summed E-state index contributed by atoms with van der Waals surface area (Å²) in [6.45, 7) is 3.50. The molecule has 0 bridgehead atoms. The van der Waals surface area contributed by atoms with Crippen LogP contribution in [0, 0.1) is 5.82 Å². The maximum absolute atomic E-state index is 14.2. The van der Waals surface area contributed by atoms with Crippen LogP contribution in [0.1, 0.15) is 31.4 Å². The molecular formula is C14H22FNO2. The number of benzene rings is 1. The lowest BCUT2D eigenvalue weighted by Gasteiger charge is -2.19. The fourth-order valence-electron chi connectivity index (χ4n) is 2.00. The molecule has 0 aliphatic heterocycles. The number of nitrogens with one attached hydrogen (secondary N) is 1. The molecule has 1 rings (SSSR count). The van der Waals surface area contributed by atoms with Crippen LogP contribution in [0.25, 0.3) is 0 Å². The lowest BCUT2D eigenvalue weighted by molar-refractivity contribution is 0.188. The number of hydrogen-bond donors (Lipinski definition) is 1. The molecule has 1 aromatic rings. The van der Waals surface area contributed by atoms with Crippen molar-refractivity contribution in [1.29, 1.82) is 0 Å². The quantitative estimate of drug-likeness (QED) is 0.724. The van der Waals surface area contributed by atoms with Gasteiger partial charge in [-0.3, -0.25) is 0 Å². The van der Waals surface area contributed by atoms with Gasteiger partial charge < -0.3 is 14.8 Å². The second kappa shape index (κ2) is 8.06. The third-order valence-electron chi connectivity index (χ3n) is 2.88. The van der Waals surface area contributed by atoms with Crippen LogP contribution < -0.4 is 10.1 Å². The Hall–Kier alpha value is -1.13. The molecule has 0 aliphatic rings. The van der Waals surface area contributed by atoms with Gasteiger partial charge in [-0.15, -0.1) is 0 Å². The van der Waals surface area contributed by atoms with Gasteiger partial charge in [-0.05, 0) is 25.5 Å². The summed E-state index contributed by atoms with van der Waals surface area (Å²) in [5.74, 6) is 0.0190. The molecule has 18 heavy (non-hydrogen) atoms. The first-order chi connectivity index (χ1) is 8.74. The fourth-order valence-corrected chi connectivity index (χ4v) is 2.00. The summed E-state index contributed by atoms with van der Waals surface area (Å²) in [5, 5.41) is 3.30. The molecule has 1 atom stereocenters. The van der Waals surface area contributed by atoms with E-state index in [1.807, 2.05) is 13.0 Å². The van der Waals surface area contributed by atoms with Crippen LogP contribution in [-0.2, 0) is 4.74 Å². The van der Waals surface area contributed by atoms with E-state index in [2.05, 4.69) is 5.32 Å². The lowest BCUT2D eigenvalue weighted by Crippen LogP contribution is -2.22. The molecule has 0 aliphatic carbocycles. The van der Waals surface area contributed by atoms with Crippen LogP contribution >= 0.6 is 0 Å². The number of hydrogen-bond acceptors (Lipinski definition) is 3. The highest BCUT2D eigenvalue weighted by Crippen LogP contribution is 2.27. The molecule has 0 aromatic heterocycles. The molecule has 3 nitrogen and oxygen atoms in total. The van der Waals surface area contributed by atoms with E-state index in [9.17, 15) is 4.39 Å². The van der Waals surface area contributed by atoms with Crippen LogP contribution in [0.3, 0.4) is 0 Å². The maximum Gasteiger partial charge on any atom is 0.169 e. The maximum atomic E-state index is 14.2. The molecule has 0 fully saturated rings. The molecule has 4 heteroatoms. The van der Waals surface area contributed by atoms with E-state index < -0.39 is 0 Å². The van der Waals surface area contributed by atoms with Gasteiger partial charge in [0.2, 0.25) is 0 Å². The summed E-state index contributed by atoms with van der Waals surface area (Å²) in [6.07, 6.45) is 1.73. The SMILES string of the molecule is CCNC(CCCOC)c1cccc(OC)c1F. The fraction of sp³-hybridized carbons (Fsp3) is 0.571. The third-order valence-corrected chi connectivity index (χ3v) is 2.88. The number of rotatable bonds is 8. The summed E-state index contributed by atoms with van der Waals surface area (Å²) in [4.78, 5) is 0. The topological polar surface area (TPSA) is 30.5 Å². The second-order valence-corrected chi connectivity index (χ2v) is 4.11. The Kier molecular flexibility index (Phi) is 6.68. The largest absolute Gasteiger partial charge is 0.494 e. The summed E-state index contributed by atoms with van der Waals surface area (Å²) in [7, 11) is 3.16. The first-order valence-corrected chi connectivity index (χ1v) is 6.29. The smallest absolute Gasteiger partial charge is 0.169 e. The Morgan fingerprint density at radius 2 is 2.11 bits per heavy atom. The zero-order chi connectivity index (χ0) is 13.4. The van der Waals surface area contributed by atoms with Crippen molar-refractivity contribution in [1.82, 2.24) is 5.32 Å². The van der Waals surface area contributed by atoms with Crippen molar-refractivity contribution in [3.05, 3.63) is 29.6 Å². The van der Waals surface area contributed by atoms with Crippen LogP contribution in [0.4, 0.5) is 4.39 Å². The van der Waals surface area contributed by atoms with E-state index in [0.29, 0.717) is 17.9 Å². The standard InChI is InChI=1S/C14H22FNO2/c1-4-16-12(8-6-10-17-2)11-7-5-9-13(18-3)14(11)15/h5,7,9,12,16H,4,6,8,10H2,1-3H3. The van der Waals surface area contributed by atoms with E-state index in [1.165, 1.54) is 7.11 Å². The monoisotopic (exact) mass is 255 g/mol. The van der Waals surface area contributed by atoms with E-state index in [4.69, 9.17) is 9.47 Å². The normalized spacial score (nSPS) is 12.4. The molecule has 0 spiro atoms. The summed E-state index contributed by atoms with van der Waals surface area (Å²) in [5.41, 5.74) is 0.660. The van der Waals surface area contributed by atoms with E-state index in [0.717, 1.165) is 19.4 Å². The lowest BCUT2D eigenvalue weighted by atomic mass is 10.0. The van der Waals surface area contributed by atoms with Gasteiger partial charge in [-0.2, -0.15) is 0 Å². The van der Waals surface area contributed by atoms with Crippen molar-refractivity contribution in [3.63, 3.8) is 0 Å². The van der Waals surface area contributed by atoms with Crippen LogP contribution in [0.5, 0.6) is 5.75 Å². The van der Waals surface area contributed by atoms with Crippen LogP contribution in [-0.4, -0.2) is 27.4 Å². The average molecular weight is 255 g/mol. The Bertz CT molecular complexity index is 358. The van der Waals surface area contributed by atoms with Crippen molar-refractivity contribution in [2.45, 2.75) is 25.8 Å². The average Bonchev–Trinajstić information content (AvgIpc) is 2.38. The highest BCUT2D eigenvalue weighted by molar-refractivity contribution is 5.33. The minimum Gasteiger partial charge on any atom is -0.494 e. The Balaban J connectivity index is 2.83. The van der Waals surface area contributed by atoms with Crippen molar-refractivity contribution >= 4 is 0 Å². The van der Waals surface area contributed by atoms with Gasteiger partial charge in [-0.1, -0.05) is 19.1 Å². The molecule has 0 radical (unpaired) electrons. The first-order valence-electron chi connectivity index (χ1n) is 6.29. The Labute approximate surface area is 108 Å². The summed E-state index contributed by atoms with van der Waals surface area (Å²) < 4.78 is 24.2. The molecule has 0 saturated carbocycles. The zero-order valence-electron chi connectivity index (χ0n) is 11.3. The van der Waals surface area contributed by atoms with Crippen molar-refractivity contribution < 1.29 is 13.9 Å². The number of ether oxygens (including phenoxy) is 2. The molecule has 0 saturated heterocycles. The second-order valence-electron chi connectivity index (χ2n) is 4.11. The number of halogens is 1. The zero-order valence-corrected chi connectivity index (χ0v) is 11.3. The minimum atomic E-state index is -0.275. The van der Waals surface area contributed by atoms with Crippen LogP contribution in [0.15, 0.2) is 18.2 Å². The van der Waals surface area contributed by atoms with Gasteiger partial charge in [0.05, 0.1) is 7.11 Å². The van der Waals surface area contributed by atoms with Gasteiger partial charge in [0.1, 0.15) is 0 Å². The Morgan fingerprint density at radius 1 is 1.33 bits per heavy atom. The van der Waals surface area contributed by atoms with Crippen LogP contribution in [0.2, 0.25) is 0 Å². The molecule has 0 amide bonds. The molecule has 1 aromatic carbocycles. The first kappa shape index (κ1) is 14.9. The van der Waals surface area contributed by atoms with Gasteiger partial charge in [0.15, 0.2) is 11.6 Å². The predicted octanol–water partition coefficient (Wildman–Crippen LogP) is 2.91. The summed E-state index contributed by atoms with van der Waals surface area (Å²) in [6, 6.07) is 5.26. The molecule has 1 N–H and O–H groups in total. The Morgan fingerprint density at radius 3 is 2.72 bits per heavy atom. The number of methoxy groups -OCH3 is 2. The highest BCUT2D eigenvalue weighted by atomic mass is 19.1. The van der Waals surface area contributed by atoms with E-state index in [1.54, 1.807) is 19.2 Å². The highest BCUT2D eigenvalue weighted by Gasteiger charge is 2.17. The molecule has 102 valence electrons. The van der Waals surface area contributed by atoms with Gasteiger partial charge in [-0.25, -0.2) is 4.39 Å². The van der Waals surface area contributed by atoms with Gasteiger partial charge in [0, 0.05) is 25.3 Å². The van der Waals surface area contributed by atoms with E-state index >= 15 is 0 Å². The molecular weight excluding hydrogens is 233 g/mol. The van der Waals surface area contributed by atoms with Gasteiger partial charge in [0.25, 0.3) is 0 Å². The molecule has 0 heterocycles. The molecule has 1 unspecified atom stereocenters. The predicted molar refractivity (Wildman–Crippen MR) is 70.5 cm³/mol. The minimum absolute atomic E-state index is 0.000231. The van der Waals surface area contributed by atoms with Crippen molar-refractivity contribution in [3.8, 4) is 5.75 Å². The van der Waals surface area contributed by atoms with E-state index in [-0.39, 0.29) is 11.9 Å². The summed E-state index contributed by atoms with van der Waals surface area (Å²) >= 11 is 0.